The van der Waals surface area contributed by atoms with Gasteiger partial charge in [0.15, 0.2) is 0 Å². The molecule has 3 aromatic rings. The van der Waals surface area contributed by atoms with Crippen molar-refractivity contribution < 1.29 is 4.79 Å². The van der Waals surface area contributed by atoms with Crippen LogP contribution in [-0.4, -0.2) is 38.2 Å². The van der Waals surface area contributed by atoms with Crippen molar-refractivity contribution >= 4 is 16.7 Å². The summed E-state index contributed by atoms with van der Waals surface area (Å²) in [5.74, 6) is 1.25. The van der Waals surface area contributed by atoms with Crippen LogP contribution in [-0.2, 0) is 7.05 Å². The third-order valence-electron chi connectivity index (χ3n) is 6.82. The van der Waals surface area contributed by atoms with Gasteiger partial charge in [0.1, 0.15) is 5.82 Å². The van der Waals surface area contributed by atoms with E-state index in [4.69, 9.17) is 0 Å². The Morgan fingerprint density at radius 2 is 1.67 bits per heavy atom. The lowest BCUT2D eigenvalue weighted by molar-refractivity contribution is 0.0710. The molecule has 6 heteroatoms. The summed E-state index contributed by atoms with van der Waals surface area (Å²) >= 11 is 0. The van der Waals surface area contributed by atoms with Crippen molar-refractivity contribution in [3.63, 3.8) is 0 Å². The minimum Gasteiger partial charge on any atom is -0.339 e. The lowest BCUT2D eigenvalue weighted by Crippen LogP contribution is -2.38. The third kappa shape index (κ3) is 3.34. The van der Waals surface area contributed by atoms with Crippen molar-refractivity contribution in [3.8, 4) is 0 Å². The fourth-order valence-corrected chi connectivity index (χ4v) is 5.13. The van der Waals surface area contributed by atoms with Gasteiger partial charge < -0.3 is 4.90 Å². The summed E-state index contributed by atoms with van der Waals surface area (Å²) in [4.78, 5) is 27.7. The van der Waals surface area contributed by atoms with E-state index in [-0.39, 0.29) is 17.5 Å². The maximum Gasteiger partial charge on any atom is 0.345 e. The van der Waals surface area contributed by atoms with E-state index in [1.165, 1.54) is 17.5 Å². The van der Waals surface area contributed by atoms with Crippen LogP contribution in [0.15, 0.2) is 47.3 Å². The van der Waals surface area contributed by atoms with Gasteiger partial charge in [-0.25, -0.2) is 9.48 Å². The molecule has 2 fully saturated rings. The lowest BCUT2D eigenvalue weighted by atomic mass is 9.94. The average Bonchev–Trinajstić information content (AvgIpc) is 3.41. The number of hydrogen-bond acceptors (Lipinski definition) is 3. The first kappa shape index (κ1) is 19.1. The number of fused-ring (bicyclic) bond motifs is 1. The summed E-state index contributed by atoms with van der Waals surface area (Å²) in [5.41, 5.74) is 0.749. The van der Waals surface area contributed by atoms with Gasteiger partial charge in [0, 0.05) is 37.7 Å². The van der Waals surface area contributed by atoms with Gasteiger partial charge in [-0.2, -0.15) is 5.10 Å². The summed E-state index contributed by atoms with van der Waals surface area (Å²) in [6, 6.07) is 14.3. The van der Waals surface area contributed by atoms with Crippen molar-refractivity contribution in [2.24, 2.45) is 7.05 Å². The second-order valence-electron chi connectivity index (χ2n) is 8.70. The first-order chi connectivity index (χ1) is 14.6. The SMILES string of the molecule is Cn1nc(C2CCN(C(=O)c3ccc4ccccc4c3)CC2)n(C2CCCC2)c1=O. The van der Waals surface area contributed by atoms with E-state index in [0.29, 0.717) is 19.1 Å². The van der Waals surface area contributed by atoms with Crippen LogP contribution in [0.2, 0.25) is 0 Å². The number of benzene rings is 2. The highest BCUT2D eigenvalue weighted by molar-refractivity contribution is 5.98. The highest BCUT2D eigenvalue weighted by Gasteiger charge is 2.31. The summed E-state index contributed by atoms with van der Waals surface area (Å²) in [7, 11) is 1.75. The predicted molar refractivity (Wildman–Crippen MR) is 117 cm³/mol. The molecule has 1 aliphatic heterocycles. The number of carbonyl (C=O) groups is 1. The van der Waals surface area contributed by atoms with Crippen molar-refractivity contribution in [3.05, 3.63) is 64.3 Å². The summed E-state index contributed by atoms with van der Waals surface area (Å²) in [6.45, 7) is 1.40. The summed E-state index contributed by atoms with van der Waals surface area (Å²) in [6.07, 6.45) is 6.20. The molecule has 1 amide bonds. The zero-order chi connectivity index (χ0) is 20.7. The van der Waals surface area contributed by atoms with Crippen LogP contribution in [0, 0.1) is 0 Å². The second kappa shape index (κ2) is 7.74. The average molecular weight is 405 g/mol. The van der Waals surface area contributed by atoms with E-state index >= 15 is 0 Å². The largest absolute Gasteiger partial charge is 0.345 e. The van der Waals surface area contributed by atoms with Gasteiger partial charge in [0.25, 0.3) is 5.91 Å². The van der Waals surface area contributed by atoms with E-state index in [0.717, 1.165) is 47.8 Å². The molecule has 1 aliphatic carbocycles. The van der Waals surface area contributed by atoms with Crippen LogP contribution in [0.4, 0.5) is 0 Å². The molecular weight excluding hydrogens is 376 g/mol. The monoisotopic (exact) mass is 404 g/mol. The molecule has 0 spiro atoms. The maximum absolute atomic E-state index is 13.1. The standard InChI is InChI=1S/C24H28N4O2/c1-26-24(30)28(21-8-4-5-9-21)22(25-26)18-12-14-27(15-13-18)23(29)20-11-10-17-6-2-3-7-19(17)16-20/h2-3,6-7,10-11,16,18,21H,4-5,8-9,12-15H2,1H3. The normalized spacial score (nSPS) is 18.4. The van der Waals surface area contributed by atoms with Crippen molar-refractivity contribution in [2.75, 3.05) is 13.1 Å². The number of nitrogens with zero attached hydrogens (tertiary/aromatic N) is 4. The second-order valence-corrected chi connectivity index (χ2v) is 8.70. The van der Waals surface area contributed by atoms with Gasteiger partial charge in [0.05, 0.1) is 0 Å². The highest BCUT2D eigenvalue weighted by atomic mass is 16.2. The number of amides is 1. The Bertz CT molecular complexity index is 1130. The van der Waals surface area contributed by atoms with Gasteiger partial charge in [-0.05, 0) is 48.6 Å². The Morgan fingerprint density at radius 3 is 2.40 bits per heavy atom. The first-order valence-electron chi connectivity index (χ1n) is 11.1. The maximum atomic E-state index is 13.1. The molecule has 1 saturated carbocycles. The molecule has 1 saturated heterocycles. The molecule has 5 rings (SSSR count). The number of aryl methyl sites for hydroxylation is 1. The van der Waals surface area contributed by atoms with Crippen molar-refractivity contribution in [1.29, 1.82) is 0 Å². The van der Waals surface area contributed by atoms with Crippen LogP contribution in [0.3, 0.4) is 0 Å². The smallest absolute Gasteiger partial charge is 0.339 e. The Labute approximate surface area is 176 Å². The van der Waals surface area contributed by atoms with Crippen LogP contribution in [0.25, 0.3) is 10.8 Å². The molecule has 0 bridgehead atoms. The van der Waals surface area contributed by atoms with E-state index in [9.17, 15) is 9.59 Å². The van der Waals surface area contributed by atoms with Gasteiger partial charge in [0.2, 0.25) is 0 Å². The third-order valence-corrected chi connectivity index (χ3v) is 6.82. The molecule has 0 radical (unpaired) electrons. The molecular formula is C24H28N4O2. The fourth-order valence-electron chi connectivity index (χ4n) is 5.13. The van der Waals surface area contributed by atoms with Gasteiger partial charge in [-0.15, -0.1) is 0 Å². The van der Waals surface area contributed by atoms with Gasteiger partial charge in [-0.1, -0.05) is 43.2 Å². The highest BCUT2D eigenvalue weighted by Crippen LogP contribution is 2.33. The zero-order valence-corrected chi connectivity index (χ0v) is 17.5. The summed E-state index contributed by atoms with van der Waals surface area (Å²) in [5, 5.41) is 6.84. The number of rotatable bonds is 3. The fraction of sp³-hybridized carbons (Fsp3) is 0.458. The van der Waals surface area contributed by atoms with Crippen LogP contribution >= 0.6 is 0 Å². The molecule has 156 valence electrons. The molecule has 0 atom stereocenters. The lowest BCUT2D eigenvalue weighted by Gasteiger charge is -2.32. The van der Waals surface area contributed by atoms with Crippen LogP contribution < -0.4 is 5.69 Å². The molecule has 2 aromatic carbocycles. The molecule has 30 heavy (non-hydrogen) atoms. The Hall–Kier alpha value is -2.89. The number of carbonyl (C=O) groups excluding carboxylic acids is 1. The van der Waals surface area contributed by atoms with E-state index < -0.39 is 0 Å². The quantitative estimate of drug-likeness (QED) is 0.666. The Balaban J connectivity index is 1.32. The predicted octanol–water partition coefficient (Wildman–Crippen LogP) is 3.87. The number of hydrogen-bond donors (Lipinski definition) is 0. The molecule has 6 nitrogen and oxygen atoms in total. The first-order valence-corrected chi connectivity index (χ1v) is 11.1. The van der Waals surface area contributed by atoms with Crippen molar-refractivity contribution in [2.45, 2.75) is 50.5 Å². The minimum atomic E-state index is 0.00608. The van der Waals surface area contributed by atoms with Crippen LogP contribution in [0.1, 0.15) is 66.7 Å². The molecule has 2 heterocycles. The van der Waals surface area contributed by atoms with E-state index in [1.807, 2.05) is 45.9 Å². The van der Waals surface area contributed by atoms with E-state index in [2.05, 4.69) is 11.2 Å². The minimum absolute atomic E-state index is 0.00608. The number of piperidine rings is 1. The Kier molecular flexibility index (Phi) is 4.93. The molecule has 1 aromatic heterocycles. The Morgan fingerprint density at radius 1 is 0.967 bits per heavy atom. The van der Waals surface area contributed by atoms with E-state index in [1.54, 1.807) is 7.05 Å². The summed E-state index contributed by atoms with van der Waals surface area (Å²) < 4.78 is 3.44. The van der Waals surface area contributed by atoms with Gasteiger partial charge >= 0.3 is 5.69 Å². The zero-order valence-electron chi connectivity index (χ0n) is 17.5. The van der Waals surface area contributed by atoms with Gasteiger partial charge in [-0.3, -0.25) is 9.36 Å². The topological polar surface area (TPSA) is 60.1 Å². The molecule has 0 unspecified atom stereocenters. The number of aromatic nitrogens is 3. The molecule has 2 aliphatic rings. The van der Waals surface area contributed by atoms with Crippen molar-refractivity contribution in [1.82, 2.24) is 19.2 Å². The van der Waals surface area contributed by atoms with Crippen LogP contribution in [0.5, 0.6) is 0 Å². The molecule has 0 N–H and O–H groups in total. The number of likely N-dealkylation sites (tertiary alicyclic amines) is 1.